The quantitative estimate of drug-likeness (QED) is 0.764. The van der Waals surface area contributed by atoms with Gasteiger partial charge in [-0.3, -0.25) is 4.79 Å². The Kier molecular flexibility index (Phi) is 4.81. The first-order valence-electron chi connectivity index (χ1n) is 9.83. The second-order valence-electron chi connectivity index (χ2n) is 8.40. The molecule has 1 saturated heterocycles. The fraction of sp³-hybridized carbons (Fsp3) is 0.650. The number of rotatable bonds is 6. The largest absolute Gasteiger partial charge is 0.375 e. The Morgan fingerprint density at radius 1 is 1.19 bits per heavy atom. The Morgan fingerprint density at radius 3 is 2.33 bits per heavy atom. The molecule has 0 radical (unpaired) electrons. The molecule has 1 aliphatic heterocycles. The van der Waals surface area contributed by atoms with Gasteiger partial charge in [0.1, 0.15) is 0 Å². The lowest BCUT2D eigenvalue weighted by molar-refractivity contribution is -0.147. The lowest BCUT2D eigenvalue weighted by atomic mass is 9.79. The molecule has 3 aliphatic rings. The number of hydrogen-bond donors (Lipinski definition) is 2. The molecule has 1 aromatic rings. The first-order valence-corrected chi connectivity index (χ1v) is 11.7. The minimum absolute atomic E-state index is 0.0562. The maximum Gasteiger partial charge on any atom is 0.256 e. The van der Waals surface area contributed by atoms with Crippen molar-refractivity contribution in [1.82, 2.24) is 9.62 Å². The molecule has 2 aliphatic carbocycles. The van der Waals surface area contributed by atoms with E-state index in [1.165, 1.54) is 10.6 Å². The average molecular weight is 393 g/mol. The van der Waals surface area contributed by atoms with Gasteiger partial charge in [-0.2, -0.15) is 0 Å². The van der Waals surface area contributed by atoms with Crippen LogP contribution in [0.25, 0.3) is 0 Å². The summed E-state index contributed by atoms with van der Waals surface area (Å²) >= 11 is 0. The van der Waals surface area contributed by atoms with Crippen molar-refractivity contribution in [2.75, 3.05) is 25.9 Å². The standard InChI is InChI=1S/C20H28N2O4S/c1-27(25,26)22-12-17-16(18(17)13-22)11-21-19(23)20(24,15-9-5-6-10-15)14-7-3-2-4-8-14/h2-4,7-8,15-18,24H,5-6,9-13H2,1H3,(H,21,23). The van der Waals surface area contributed by atoms with Gasteiger partial charge in [-0.15, -0.1) is 0 Å². The molecule has 1 aromatic carbocycles. The summed E-state index contributed by atoms with van der Waals surface area (Å²) in [7, 11) is -3.12. The van der Waals surface area contributed by atoms with Crippen LogP contribution in [0.4, 0.5) is 0 Å². The molecular weight excluding hydrogens is 364 g/mol. The molecule has 27 heavy (non-hydrogen) atoms. The maximum absolute atomic E-state index is 13.1. The van der Waals surface area contributed by atoms with Crippen LogP contribution in [0.1, 0.15) is 31.2 Å². The number of nitrogens with one attached hydrogen (secondary N) is 1. The highest BCUT2D eigenvalue weighted by atomic mass is 32.2. The summed E-state index contributed by atoms with van der Waals surface area (Å²) < 4.78 is 24.8. The van der Waals surface area contributed by atoms with Crippen molar-refractivity contribution in [3.63, 3.8) is 0 Å². The minimum Gasteiger partial charge on any atom is -0.375 e. The van der Waals surface area contributed by atoms with Gasteiger partial charge >= 0.3 is 0 Å². The molecular formula is C20H28N2O4S. The summed E-state index contributed by atoms with van der Waals surface area (Å²) in [5.41, 5.74) is -0.825. The number of nitrogens with zero attached hydrogens (tertiary/aromatic N) is 1. The van der Waals surface area contributed by atoms with Crippen LogP contribution in [-0.2, 0) is 20.4 Å². The number of benzene rings is 1. The fourth-order valence-electron chi connectivity index (χ4n) is 5.12. The number of aliphatic hydroxyl groups is 1. The highest BCUT2D eigenvalue weighted by Crippen LogP contribution is 2.52. The van der Waals surface area contributed by atoms with E-state index in [1.54, 1.807) is 0 Å². The monoisotopic (exact) mass is 392 g/mol. The van der Waals surface area contributed by atoms with Crippen LogP contribution in [0.5, 0.6) is 0 Å². The Morgan fingerprint density at radius 2 is 1.78 bits per heavy atom. The average Bonchev–Trinajstić information content (AvgIpc) is 3.08. The first kappa shape index (κ1) is 18.9. The number of carbonyl (C=O) groups excluding carboxylic acids is 1. The van der Waals surface area contributed by atoms with E-state index in [1.807, 2.05) is 30.3 Å². The van der Waals surface area contributed by atoms with E-state index in [0.29, 0.717) is 43.0 Å². The Hall–Kier alpha value is -1.44. The third-order valence-corrected chi connectivity index (χ3v) is 8.05. The molecule has 3 fully saturated rings. The number of carbonyl (C=O) groups is 1. The van der Waals surface area contributed by atoms with Crippen molar-refractivity contribution in [1.29, 1.82) is 0 Å². The van der Waals surface area contributed by atoms with Crippen LogP contribution >= 0.6 is 0 Å². The van der Waals surface area contributed by atoms with Gasteiger partial charge < -0.3 is 10.4 Å². The second kappa shape index (κ2) is 6.87. The molecule has 7 heteroatoms. The Balaban J connectivity index is 1.41. The third-order valence-electron chi connectivity index (χ3n) is 6.81. The zero-order valence-electron chi connectivity index (χ0n) is 15.7. The van der Waals surface area contributed by atoms with E-state index >= 15 is 0 Å². The summed E-state index contributed by atoms with van der Waals surface area (Å²) in [6.07, 6.45) is 5.05. The molecule has 0 spiro atoms. The van der Waals surface area contributed by atoms with Crippen LogP contribution in [0.15, 0.2) is 30.3 Å². The van der Waals surface area contributed by atoms with E-state index in [4.69, 9.17) is 0 Å². The van der Waals surface area contributed by atoms with E-state index in [-0.39, 0.29) is 11.8 Å². The maximum atomic E-state index is 13.1. The van der Waals surface area contributed by atoms with Crippen molar-refractivity contribution in [3.8, 4) is 0 Å². The molecule has 0 aromatic heterocycles. The van der Waals surface area contributed by atoms with Gasteiger partial charge in [0, 0.05) is 25.6 Å². The van der Waals surface area contributed by atoms with E-state index in [0.717, 1.165) is 25.7 Å². The van der Waals surface area contributed by atoms with Crippen molar-refractivity contribution in [3.05, 3.63) is 35.9 Å². The third kappa shape index (κ3) is 3.41. The van der Waals surface area contributed by atoms with E-state index < -0.39 is 15.6 Å². The van der Waals surface area contributed by atoms with Crippen molar-refractivity contribution in [2.45, 2.75) is 31.3 Å². The number of amides is 1. The van der Waals surface area contributed by atoms with Gasteiger partial charge in [0.25, 0.3) is 5.91 Å². The predicted molar refractivity (Wildman–Crippen MR) is 102 cm³/mol. The van der Waals surface area contributed by atoms with Gasteiger partial charge in [-0.05, 0) is 36.2 Å². The molecule has 1 heterocycles. The van der Waals surface area contributed by atoms with Crippen LogP contribution < -0.4 is 5.32 Å². The smallest absolute Gasteiger partial charge is 0.256 e. The van der Waals surface area contributed by atoms with Crippen LogP contribution in [0.3, 0.4) is 0 Å². The molecule has 3 atom stereocenters. The first-order chi connectivity index (χ1) is 12.8. The number of piperidine rings is 1. The molecule has 2 saturated carbocycles. The number of sulfonamides is 1. The molecule has 4 rings (SSSR count). The zero-order valence-corrected chi connectivity index (χ0v) is 16.5. The van der Waals surface area contributed by atoms with Crippen LogP contribution in [-0.4, -0.2) is 49.6 Å². The zero-order chi connectivity index (χ0) is 19.2. The summed E-state index contributed by atoms with van der Waals surface area (Å²) in [6.45, 7) is 1.61. The molecule has 6 nitrogen and oxygen atoms in total. The molecule has 2 N–H and O–H groups in total. The van der Waals surface area contributed by atoms with E-state index in [9.17, 15) is 18.3 Å². The summed E-state index contributed by atoms with van der Waals surface area (Å²) in [6, 6.07) is 9.25. The number of hydrogen-bond acceptors (Lipinski definition) is 4. The summed E-state index contributed by atoms with van der Waals surface area (Å²) in [4.78, 5) is 13.1. The van der Waals surface area contributed by atoms with Gasteiger partial charge in [0.2, 0.25) is 10.0 Å². The normalized spacial score (nSPS) is 30.7. The molecule has 0 bridgehead atoms. The predicted octanol–water partition coefficient (Wildman–Crippen LogP) is 1.32. The Bertz CT molecular complexity index is 795. The molecule has 1 amide bonds. The SMILES string of the molecule is CS(=O)(=O)N1CC2C(CNC(=O)C(O)(c3ccccc3)C3CCCC3)C2C1. The summed E-state index contributed by atoms with van der Waals surface area (Å²) in [5, 5.41) is 14.4. The highest BCUT2D eigenvalue weighted by molar-refractivity contribution is 7.88. The lowest BCUT2D eigenvalue weighted by Crippen LogP contribution is -2.49. The highest BCUT2D eigenvalue weighted by Gasteiger charge is 2.57. The minimum atomic E-state index is -3.12. The van der Waals surface area contributed by atoms with Gasteiger partial charge in [0.05, 0.1) is 6.26 Å². The Labute approximate surface area is 161 Å². The van der Waals surface area contributed by atoms with Crippen molar-refractivity contribution >= 4 is 15.9 Å². The van der Waals surface area contributed by atoms with Gasteiger partial charge in [-0.25, -0.2) is 12.7 Å². The molecule has 148 valence electrons. The van der Waals surface area contributed by atoms with Gasteiger partial charge in [0.15, 0.2) is 5.60 Å². The summed E-state index contributed by atoms with van der Waals surface area (Å²) in [5.74, 6) is 0.605. The van der Waals surface area contributed by atoms with Crippen LogP contribution in [0, 0.1) is 23.7 Å². The topological polar surface area (TPSA) is 86.7 Å². The molecule has 3 unspecified atom stereocenters. The van der Waals surface area contributed by atoms with Crippen molar-refractivity contribution < 1.29 is 18.3 Å². The fourth-order valence-corrected chi connectivity index (χ4v) is 6.00. The van der Waals surface area contributed by atoms with E-state index in [2.05, 4.69) is 5.32 Å². The van der Waals surface area contributed by atoms with Crippen molar-refractivity contribution in [2.24, 2.45) is 23.7 Å². The van der Waals surface area contributed by atoms with Gasteiger partial charge in [-0.1, -0.05) is 43.2 Å². The second-order valence-corrected chi connectivity index (χ2v) is 10.4. The lowest BCUT2D eigenvalue weighted by Gasteiger charge is -2.33. The van der Waals surface area contributed by atoms with Crippen LogP contribution in [0.2, 0.25) is 0 Å². The number of fused-ring (bicyclic) bond motifs is 1.